The third kappa shape index (κ3) is 4.06. The van der Waals surface area contributed by atoms with Gasteiger partial charge in [0.15, 0.2) is 0 Å². The molecule has 108 valence electrons. The van der Waals surface area contributed by atoms with Crippen molar-refractivity contribution in [2.24, 2.45) is 5.10 Å². The Labute approximate surface area is 130 Å². The highest BCUT2D eigenvalue weighted by Crippen LogP contribution is 2.21. The Hall–Kier alpha value is -2.34. The smallest absolute Gasteiger partial charge is 0.271 e. The van der Waals surface area contributed by atoms with Crippen molar-refractivity contribution in [2.75, 3.05) is 7.11 Å². The number of halogens is 1. The minimum atomic E-state index is -0.327. The zero-order valence-electron chi connectivity index (χ0n) is 11.2. The molecule has 0 aliphatic carbocycles. The van der Waals surface area contributed by atoms with Crippen LogP contribution < -0.4 is 10.2 Å². The molecule has 0 bridgehead atoms. The lowest BCUT2D eigenvalue weighted by molar-refractivity contribution is 0.0955. The Morgan fingerprint density at radius 3 is 2.62 bits per heavy atom. The number of methoxy groups -OCH3 is 1. The number of rotatable bonds is 4. The molecule has 5 nitrogen and oxygen atoms in total. The van der Waals surface area contributed by atoms with Gasteiger partial charge in [-0.25, -0.2) is 5.43 Å². The number of phenolic OH excluding ortho intramolecular Hbond substituents is 1. The fraction of sp³-hybridized carbons (Fsp3) is 0.0667. The van der Waals surface area contributed by atoms with Gasteiger partial charge in [-0.05, 0) is 36.4 Å². The summed E-state index contributed by atoms with van der Waals surface area (Å²) in [6.45, 7) is 0. The second-order valence-corrected chi connectivity index (χ2v) is 5.05. The Bertz CT molecular complexity index is 669. The van der Waals surface area contributed by atoms with Crippen molar-refractivity contribution in [3.05, 3.63) is 58.1 Å². The largest absolute Gasteiger partial charge is 0.507 e. The van der Waals surface area contributed by atoms with Crippen molar-refractivity contribution in [3.8, 4) is 11.5 Å². The van der Waals surface area contributed by atoms with Gasteiger partial charge in [-0.3, -0.25) is 4.79 Å². The van der Waals surface area contributed by atoms with Crippen molar-refractivity contribution in [1.29, 1.82) is 0 Å². The topological polar surface area (TPSA) is 70.9 Å². The number of nitrogens with one attached hydrogen (secondary N) is 1. The summed E-state index contributed by atoms with van der Waals surface area (Å²) in [7, 11) is 1.51. The Kier molecular flexibility index (Phi) is 4.94. The predicted molar refractivity (Wildman–Crippen MR) is 83.9 cm³/mol. The van der Waals surface area contributed by atoms with Gasteiger partial charge >= 0.3 is 0 Å². The number of aromatic hydroxyl groups is 1. The van der Waals surface area contributed by atoms with E-state index >= 15 is 0 Å². The van der Waals surface area contributed by atoms with E-state index < -0.39 is 0 Å². The standard InChI is InChI=1S/C15H13BrN2O3/c1-21-13-7-4-11(14(19)8-13)9-17-18-15(20)10-2-5-12(16)6-3-10/h2-9,19H,1H3,(H,18,20)/b17-9+. The van der Waals surface area contributed by atoms with E-state index in [0.717, 1.165) is 4.47 Å². The summed E-state index contributed by atoms with van der Waals surface area (Å²) in [6.07, 6.45) is 1.37. The lowest BCUT2D eigenvalue weighted by Gasteiger charge is -2.03. The van der Waals surface area contributed by atoms with Crippen LogP contribution >= 0.6 is 15.9 Å². The number of hydrazone groups is 1. The van der Waals surface area contributed by atoms with Crippen molar-refractivity contribution in [1.82, 2.24) is 5.43 Å². The van der Waals surface area contributed by atoms with Gasteiger partial charge in [0.05, 0.1) is 13.3 Å². The molecule has 0 aromatic heterocycles. The first-order chi connectivity index (χ1) is 10.1. The van der Waals surface area contributed by atoms with Gasteiger partial charge in [-0.2, -0.15) is 5.10 Å². The third-order valence-electron chi connectivity index (χ3n) is 2.71. The van der Waals surface area contributed by atoms with Crippen molar-refractivity contribution in [2.45, 2.75) is 0 Å². The summed E-state index contributed by atoms with van der Waals surface area (Å²) < 4.78 is 5.88. The van der Waals surface area contributed by atoms with Crippen molar-refractivity contribution < 1.29 is 14.6 Å². The van der Waals surface area contributed by atoms with Crippen LogP contribution in [0.3, 0.4) is 0 Å². The molecule has 2 aromatic rings. The van der Waals surface area contributed by atoms with Crippen LogP contribution in [0.5, 0.6) is 11.5 Å². The lowest BCUT2D eigenvalue weighted by atomic mass is 10.2. The molecule has 0 radical (unpaired) electrons. The van der Waals surface area contributed by atoms with E-state index in [2.05, 4.69) is 26.5 Å². The lowest BCUT2D eigenvalue weighted by Crippen LogP contribution is -2.17. The number of hydrogen-bond donors (Lipinski definition) is 2. The average molecular weight is 349 g/mol. The molecule has 0 aliphatic rings. The maximum atomic E-state index is 11.8. The molecule has 2 rings (SSSR count). The van der Waals surface area contributed by atoms with Gasteiger partial charge in [0.2, 0.25) is 0 Å². The fourth-order valence-corrected chi connectivity index (χ4v) is 1.85. The van der Waals surface area contributed by atoms with Crippen LogP contribution in [0.1, 0.15) is 15.9 Å². The van der Waals surface area contributed by atoms with E-state index in [9.17, 15) is 9.90 Å². The van der Waals surface area contributed by atoms with Gasteiger partial charge in [0, 0.05) is 21.7 Å². The van der Waals surface area contributed by atoms with E-state index in [4.69, 9.17) is 4.74 Å². The SMILES string of the molecule is COc1ccc(/C=N/NC(=O)c2ccc(Br)cc2)c(O)c1. The molecule has 0 fully saturated rings. The van der Waals surface area contributed by atoms with E-state index in [1.54, 1.807) is 36.4 Å². The van der Waals surface area contributed by atoms with E-state index in [0.29, 0.717) is 16.9 Å². The third-order valence-corrected chi connectivity index (χ3v) is 3.24. The maximum absolute atomic E-state index is 11.8. The van der Waals surface area contributed by atoms with Gasteiger partial charge in [0.25, 0.3) is 5.91 Å². The second-order valence-electron chi connectivity index (χ2n) is 4.13. The quantitative estimate of drug-likeness (QED) is 0.659. The summed E-state index contributed by atoms with van der Waals surface area (Å²) in [4.78, 5) is 11.8. The summed E-state index contributed by atoms with van der Waals surface area (Å²) in [5, 5.41) is 13.6. The van der Waals surface area contributed by atoms with E-state index in [-0.39, 0.29) is 11.7 Å². The fourth-order valence-electron chi connectivity index (χ4n) is 1.59. The molecule has 0 saturated carbocycles. The number of carbonyl (C=O) groups excluding carboxylic acids is 1. The molecule has 6 heteroatoms. The molecule has 1 amide bonds. The molecule has 0 unspecified atom stereocenters. The van der Waals surface area contributed by atoms with Crippen LogP contribution in [0.15, 0.2) is 52.0 Å². The van der Waals surface area contributed by atoms with Crippen LogP contribution in [0.2, 0.25) is 0 Å². The Morgan fingerprint density at radius 1 is 1.29 bits per heavy atom. The highest BCUT2D eigenvalue weighted by Gasteiger charge is 2.04. The maximum Gasteiger partial charge on any atom is 0.271 e. The van der Waals surface area contributed by atoms with Gasteiger partial charge in [0.1, 0.15) is 11.5 Å². The normalized spacial score (nSPS) is 10.6. The first-order valence-corrected chi connectivity index (χ1v) is 6.85. The highest BCUT2D eigenvalue weighted by molar-refractivity contribution is 9.10. The molecule has 21 heavy (non-hydrogen) atoms. The second kappa shape index (κ2) is 6.90. The molecule has 0 atom stereocenters. The Morgan fingerprint density at radius 2 is 2.00 bits per heavy atom. The zero-order chi connectivity index (χ0) is 15.2. The molecular formula is C15H13BrN2O3. The van der Waals surface area contributed by atoms with Gasteiger partial charge in [-0.15, -0.1) is 0 Å². The highest BCUT2D eigenvalue weighted by atomic mass is 79.9. The summed E-state index contributed by atoms with van der Waals surface area (Å²) in [6, 6.07) is 11.7. The minimum Gasteiger partial charge on any atom is -0.507 e. The monoisotopic (exact) mass is 348 g/mol. The van der Waals surface area contributed by atoms with E-state index in [1.165, 1.54) is 19.4 Å². The van der Waals surface area contributed by atoms with Crippen molar-refractivity contribution in [3.63, 3.8) is 0 Å². The average Bonchev–Trinajstić information content (AvgIpc) is 2.49. The molecule has 0 heterocycles. The summed E-state index contributed by atoms with van der Waals surface area (Å²) in [5.74, 6) is 0.242. The number of ether oxygens (including phenoxy) is 1. The summed E-state index contributed by atoms with van der Waals surface area (Å²) in [5.41, 5.74) is 3.37. The minimum absolute atomic E-state index is 0.0241. The number of hydrogen-bond acceptors (Lipinski definition) is 4. The van der Waals surface area contributed by atoms with Crippen LogP contribution in [0.4, 0.5) is 0 Å². The van der Waals surface area contributed by atoms with Crippen LogP contribution in [-0.4, -0.2) is 24.3 Å². The number of benzene rings is 2. The number of phenols is 1. The zero-order valence-corrected chi connectivity index (χ0v) is 12.8. The Balaban J connectivity index is 2.02. The van der Waals surface area contributed by atoms with Crippen LogP contribution in [0.25, 0.3) is 0 Å². The summed E-state index contributed by atoms with van der Waals surface area (Å²) >= 11 is 3.30. The van der Waals surface area contributed by atoms with Crippen LogP contribution in [-0.2, 0) is 0 Å². The first kappa shape index (κ1) is 15.1. The molecule has 2 N–H and O–H groups in total. The van der Waals surface area contributed by atoms with Crippen molar-refractivity contribution >= 4 is 28.1 Å². The number of amides is 1. The molecular weight excluding hydrogens is 336 g/mol. The van der Waals surface area contributed by atoms with Crippen LogP contribution in [0, 0.1) is 0 Å². The van der Waals surface area contributed by atoms with E-state index in [1.807, 2.05) is 0 Å². The molecule has 0 spiro atoms. The first-order valence-electron chi connectivity index (χ1n) is 6.06. The molecule has 0 aliphatic heterocycles. The number of nitrogens with zero attached hydrogens (tertiary/aromatic N) is 1. The number of carbonyl (C=O) groups is 1. The van der Waals surface area contributed by atoms with Gasteiger partial charge in [-0.1, -0.05) is 15.9 Å². The molecule has 2 aromatic carbocycles. The van der Waals surface area contributed by atoms with Gasteiger partial charge < -0.3 is 9.84 Å². The molecule has 0 saturated heterocycles. The predicted octanol–water partition coefficient (Wildman–Crippen LogP) is 2.93.